The molecule has 0 spiro atoms. The maximum atomic E-state index is 10.7. The molecule has 0 saturated heterocycles. The largest absolute Gasteiger partial charge is 0.481 e. The van der Waals surface area contributed by atoms with Gasteiger partial charge in [0.2, 0.25) is 0 Å². The molecule has 0 aromatic heterocycles. The van der Waals surface area contributed by atoms with E-state index < -0.39 is 23.8 Å². The van der Waals surface area contributed by atoms with Crippen molar-refractivity contribution in [2.75, 3.05) is 0 Å². The smallest absolute Gasteiger partial charge is 0.310 e. The van der Waals surface area contributed by atoms with Crippen molar-refractivity contribution in [3.8, 4) is 0 Å². The van der Waals surface area contributed by atoms with Gasteiger partial charge in [-0.15, -0.1) is 0 Å². The van der Waals surface area contributed by atoms with Crippen LogP contribution in [0.2, 0.25) is 0 Å². The van der Waals surface area contributed by atoms with E-state index in [1.165, 1.54) is 18.9 Å². The summed E-state index contributed by atoms with van der Waals surface area (Å²) in [5.74, 6) is -3.89. The zero-order valence-corrected chi connectivity index (χ0v) is 12.0. The van der Waals surface area contributed by atoms with E-state index in [9.17, 15) is 9.59 Å². The third-order valence-corrected chi connectivity index (χ3v) is 2.30. The van der Waals surface area contributed by atoms with Crippen molar-refractivity contribution in [2.45, 2.75) is 52.4 Å². The van der Waals surface area contributed by atoms with Crippen LogP contribution in [0.5, 0.6) is 0 Å². The summed E-state index contributed by atoms with van der Waals surface area (Å²) in [6, 6.07) is 0. The molecule has 0 heterocycles. The van der Waals surface area contributed by atoms with Gasteiger partial charge in [-0.3, -0.25) is 14.4 Å². The van der Waals surface area contributed by atoms with Gasteiger partial charge in [0, 0.05) is 6.92 Å². The number of carboxylic acids is 3. The minimum Gasteiger partial charge on any atom is -0.481 e. The number of rotatable bonds is 9. The molecule has 0 bridgehead atoms. The van der Waals surface area contributed by atoms with Gasteiger partial charge in [-0.25, -0.2) is 0 Å². The highest BCUT2D eigenvalue weighted by Gasteiger charge is 2.17. The minimum atomic E-state index is -1.08. The Morgan fingerprint density at radius 1 is 1.05 bits per heavy atom. The molecule has 0 fully saturated rings. The molecule has 6 nitrogen and oxygen atoms in total. The van der Waals surface area contributed by atoms with Gasteiger partial charge in [-0.05, 0) is 12.8 Å². The molecule has 0 radical (unpaired) electrons. The zero-order valence-electron chi connectivity index (χ0n) is 12.0. The van der Waals surface area contributed by atoms with Crippen molar-refractivity contribution in [1.29, 1.82) is 0 Å². The van der Waals surface area contributed by atoms with E-state index in [-0.39, 0.29) is 6.42 Å². The lowest BCUT2D eigenvalue weighted by molar-refractivity contribution is -0.146. The topological polar surface area (TPSA) is 112 Å². The lowest BCUT2D eigenvalue weighted by Gasteiger charge is -2.03. The first-order valence-electron chi connectivity index (χ1n) is 6.62. The van der Waals surface area contributed by atoms with Gasteiger partial charge in [0.15, 0.2) is 0 Å². The molecule has 3 N–H and O–H groups in total. The van der Waals surface area contributed by atoms with E-state index in [4.69, 9.17) is 20.1 Å². The molecule has 6 heteroatoms. The first-order valence-corrected chi connectivity index (χ1v) is 6.62. The second kappa shape index (κ2) is 13.6. The summed E-state index contributed by atoms with van der Waals surface area (Å²) in [7, 11) is 0. The molecule has 0 rings (SSSR count). The Balaban J connectivity index is 0. The molecule has 0 aliphatic carbocycles. The summed E-state index contributed by atoms with van der Waals surface area (Å²) in [5.41, 5.74) is 0. The van der Waals surface area contributed by atoms with Crippen molar-refractivity contribution in [3.63, 3.8) is 0 Å². The van der Waals surface area contributed by atoms with Gasteiger partial charge < -0.3 is 15.3 Å². The number of carboxylic acid groups (broad SMARTS) is 3. The number of hydrogen-bond donors (Lipinski definition) is 3. The van der Waals surface area contributed by atoms with Crippen molar-refractivity contribution in [1.82, 2.24) is 0 Å². The van der Waals surface area contributed by atoms with E-state index >= 15 is 0 Å². The molecule has 20 heavy (non-hydrogen) atoms. The molecule has 0 amide bonds. The van der Waals surface area contributed by atoms with Crippen LogP contribution in [0, 0.1) is 5.92 Å². The van der Waals surface area contributed by atoms with Crippen LogP contribution >= 0.6 is 0 Å². The zero-order chi connectivity index (χ0) is 16.0. The normalized spacial score (nSPS) is 11.5. The van der Waals surface area contributed by atoms with Gasteiger partial charge in [0.05, 0.1) is 12.3 Å². The Kier molecular flexibility index (Phi) is 13.9. The number of aliphatic carboxylic acids is 3. The maximum absolute atomic E-state index is 10.7. The van der Waals surface area contributed by atoms with Crippen LogP contribution in [0.4, 0.5) is 0 Å². The summed E-state index contributed by atoms with van der Waals surface area (Å²) in [5, 5.41) is 24.7. The Bertz CT molecular complexity index is 318. The fourth-order valence-corrected chi connectivity index (χ4v) is 1.38. The molecule has 0 aliphatic heterocycles. The first-order chi connectivity index (χ1) is 9.31. The lowest BCUT2D eigenvalue weighted by atomic mass is 10.0. The first kappa shape index (κ1) is 20.5. The van der Waals surface area contributed by atoms with Crippen molar-refractivity contribution in [3.05, 3.63) is 12.2 Å². The van der Waals surface area contributed by atoms with Crippen LogP contribution in [0.15, 0.2) is 12.2 Å². The summed E-state index contributed by atoms with van der Waals surface area (Å²) in [4.78, 5) is 30.1. The average molecular weight is 288 g/mol. The van der Waals surface area contributed by atoms with E-state index in [2.05, 4.69) is 6.92 Å². The van der Waals surface area contributed by atoms with Gasteiger partial charge in [0.1, 0.15) is 0 Å². The second-order valence-corrected chi connectivity index (χ2v) is 4.34. The van der Waals surface area contributed by atoms with Gasteiger partial charge in [-0.2, -0.15) is 0 Å². The summed E-state index contributed by atoms with van der Waals surface area (Å²) < 4.78 is 0. The highest BCUT2D eigenvalue weighted by atomic mass is 16.4. The molecular weight excluding hydrogens is 264 g/mol. The maximum Gasteiger partial charge on any atom is 0.310 e. The molecule has 1 atom stereocenters. The fourth-order valence-electron chi connectivity index (χ4n) is 1.38. The molecule has 0 aromatic carbocycles. The fraction of sp³-hybridized carbons (Fsp3) is 0.643. The third kappa shape index (κ3) is 18.5. The van der Waals surface area contributed by atoms with Crippen molar-refractivity contribution in [2.24, 2.45) is 5.92 Å². The molecule has 1 unspecified atom stereocenters. The van der Waals surface area contributed by atoms with E-state index in [0.717, 1.165) is 26.2 Å². The number of unbranched alkanes of at least 4 members (excludes halogenated alkanes) is 4. The summed E-state index contributed by atoms with van der Waals surface area (Å²) in [6.45, 7) is 3.21. The quantitative estimate of drug-likeness (QED) is 0.444. The van der Waals surface area contributed by atoms with Crippen LogP contribution in [0.25, 0.3) is 0 Å². The standard InChI is InChI=1S/C12H20O4.C2H4O2/c1-2-3-4-5-6-7-8-10(12(15)16)9-11(13)14;1-2(3)4/h7-8,10H,2-6,9H2,1H3,(H,13,14)(H,15,16);1H3,(H,3,4). The van der Waals surface area contributed by atoms with E-state index in [1.54, 1.807) is 6.08 Å². The van der Waals surface area contributed by atoms with Crippen LogP contribution in [-0.2, 0) is 14.4 Å². The lowest BCUT2D eigenvalue weighted by Crippen LogP contribution is -2.15. The second-order valence-electron chi connectivity index (χ2n) is 4.34. The third-order valence-electron chi connectivity index (χ3n) is 2.30. The number of allylic oxidation sites excluding steroid dienone is 1. The van der Waals surface area contributed by atoms with Crippen LogP contribution in [-0.4, -0.2) is 33.2 Å². The van der Waals surface area contributed by atoms with Crippen molar-refractivity contribution >= 4 is 17.9 Å². The predicted molar refractivity (Wildman–Crippen MR) is 74.6 cm³/mol. The Morgan fingerprint density at radius 3 is 2.00 bits per heavy atom. The molecule has 0 aromatic rings. The minimum absolute atomic E-state index is 0.346. The number of carbonyl (C=O) groups is 3. The van der Waals surface area contributed by atoms with Crippen LogP contribution in [0.1, 0.15) is 52.4 Å². The average Bonchev–Trinajstić information content (AvgIpc) is 2.30. The highest BCUT2D eigenvalue weighted by Crippen LogP contribution is 2.08. The Hall–Kier alpha value is -1.85. The molecule has 0 saturated carbocycles. The van der Waals surface area contributed by atoms with Gasteiger partial charge in [0.25, 0.3) is 5.97 Å². The summed E-state index contributed by atoms with van der Waals surface area (Å²) >= 11 is 0. The Labute approximate surface area is 119 Å². The molecular formula is C14H24O6. The predicted octanol–water partition coefficient (Wildman–Crippen LogP) is 2.78. The van der Waals surface area contributed by atoms with Crippen molar-refractivity contribution < 1.29 is 29.7 Å². The molecule has 116 valence electrons. The highest BCUT2D eigenvalue weighted by molar-refractivity contribution is 5.79. The van der Waals surface area contributed by atoms with Gasteiger partial charge in [-0.1, -0.05) is 38.3 Å². The van der Waals surface area contributed by atoms with E-state index in [0.29, 0.717) is 0 Å². The van der Waals surface area contributed by atoms with Crippen LogP contribution in [0.3, 0.4) is 0 Å². The number of hydrogen-bond acceptors (Lipinski definition) is 3. The van der Waals surface area contributed by atoms with Gasteiger partial charge >= 0.3 is 11.9 Å². The monoisotopic (exact) mass is 288 g/mol. The van der Waals surface area contributed by atoms with E-state index in [1.807, 2.05) is 0 Å². The SMILES string of the molecule is CC(=O)O.CCCCCCC=CC(CC(=O)O)C(=O)O. The summed E-state index contributed by atoms with van der Waals surface area (Å²) in [6.07, 6.45) is 8.26. The van der Waals surface area contributed by atoms with Crippen LogP contribution < -0.4 is 0 Å². The molecule has 0 aliphatic rings. The Morgan fingerprint density at radius 2 is 1.60 bits per heavy atom.